The smallest absolute Gasteiger partial charge is 0.248 e. The van der Waals surface area contributed by atoms with E-state index in [1.165, 1.54) is 57.3 Å². The Labute approximate surface area is 717 Å². The highest BCUT2D eigenvalue weighted by molar-refractivity contribution is 14.1. The molecular formula is C93H108BCl2IN14O7. The summed E-state index contributed by atoms with van der Waals surface area (Å²) in [5.41, 5.74) is 35.2. The van der Waals surface area contributed by atoms with Crippen molar-refractivity contribution in [2.24, 2.45) is 17.2 Å². The Hall–Kier alpha value is -10.9. The maximum absolute atomic E-state index is 10.9. The van der Waals surface area contributed by atoms with Crippen LogP contribution in [0.4, 0.5) is 11.6 Å². The van der Waals surface area contributed by atoms with E-state index in [2.05, 4.69) is 217 Å². The lowest BCUT2D eigenvalue weighted by molar-refractivity contribution is 0.0999. The molecule has 21 nitrogen and oxygen atoms in total. The minimum atomic E-state index is -0.394. The number of halogens is 3. The zero-order chi connectivity index (χ0) is 81.9. The largest absolute Gasteiger partial charge is 0.412 e. The fourth-order valence-electron chi connectivity index (χ4n) is 11.1. The van der Waals surface area contributed by atoms with Crippen LogP contribution in [-0.2, 0) is 29.1 Å². The number of H-pyrrole nitrogens is 1. The molecule has 118 heavy (non-hydrogen) atoms. The molecule has 2 radical (unpaired) electrons. The second-order valence-corrected chi connectivity index (χ2v) is 30.1. The van der Waals surface area contributed by atoms with Gasteiger partial charge in [0.05, 0.1) is 19.3 Å². The number of hydrogen-bond acceptors (Lipinski definition) is 16. The first-order chi connectivity index (χ1) is 55.9. The molecule has 0 saturated carbocycles. The maximum atomic E-state index is 10.9. The van der Waals surface area contributed by atoms with Gasteiger partial charge in [-0.2, -0.15) is 19.9 Å². The number of carbonyl (C=O) groups excluding carboxylic acids is 2. The minimum absolute atomic E-state index is 0. The summed E-state index contributed by atoms with van der Waals surface area (Å²) >= 11 is 14.4. The van der Waals surface area contributed by atoms with E-state index in [0.29, 0.717) is 48.0 Å². The van der Waals surface area contributed by atoms with Gasteiger partial charge >= 0.3 is 0 Å². The third-order valence-corrected chi connectivity index (χ3v) is 17.9. The SMILES string of the molecule is C1CCOC1.CC(C)I.CC(C)n1cnc2c(NCc3ccc(-c4ccccc4)cc3)nc(Cl)nc21.CC[C@@H](N)CO.Clc1nc(NCc2ccc(-c3ccccc3)cc2)c2[nH]cnc2n1.N.NC(=O)c1ccc(-c2ccccc2)cc1.NCc1ccc(-c2ccccc2)cc1.O.O.O=Cc1ccc(-c2ccccc2)cc1.[B]C1CCCO1. The number of benzene rings is 10. The van der Waals surface area contributed by atoms with Gasteiger partial charge in [-0.15, -0.1) is 0 Å². The molecule has 4 aromatic heterocycles. The molecule has 0 spiro atoms. The molecule has 6 heterocycles. The van der Waals surface area contributed by atoms with Gasteiger partial charge in [-0.25, -0.2) is 9.97 Å². The fraction of sp³-hybridized carbons (Fsp3) is 0.226. The van der Waals surface area contributed by atoms with Gasteiger partial charge in [-0.3, -0.25) is 9.59 Å². The average molecular weight is 1740 g/mol. The zero-order valence-electron chi connectivity index (χ0n) is 67.4. The van der Waals surface area contributed by atoms with Crippen LogP contribution in [-0.4, -0.2) is 118 Å². The molecule has 1 amide bonds. The zero-order valence-corrected chi connectivity index (χ0v) is 71.0. The number of ether oxygens (including phenoxy) is 2. The van der Waals surface area contributed by atoms with Gasteiger partial charge in [0.1, 0.15) is 19.6 Å². The van der Waals surface area contributed by atoms with Gasteiger partial charge in [-0.05, 0) is 154 Å². The number of alkyl halides is 1. The summed E-state index contributed by atoms with van der Waals surface area (Å²) in [4.78, 5) is 49.9. The van der Waals surface area contributed by atoms with Gasteiger partial charge in [0.15, 0.2) is 28.4 Å². The molecule has 2 aliphatic heterocycles. The molecule has 0 aliphatic carbocycles. The van der Waals surface area contributed by atoms with Gasteiger partial charge in [0.25, 0.3) is 0 Å². The number of aliphatic hydroxyl groups is 1. The average Bonchev–Trinajstić information content (AvgIpc) is 1.64. The molecule has 616 valence electrons. The van der Waals surface area contributed by atoms with Crippen LogP contribution in [0.15, 0.2) is 286 Å². The summed E-state index contributed by atoms with van der Waals surface area (Å²) in [6.45, 7) is 15.3. The number of nitrogens with one attached hydrogen (secondary N) is 3. The highest BCUT2D eigenvalue weighted by Gasteiger charge is 2.15. The third-order valence-electron chi connectivity index (χ3n) is 17.5. The van der Waals surface area contributed by atoms with Crippen molar-refractivity contribution in [2.45, 2.75) is 108 Å². The number of anilines is 2. The summed E-state index contributed by atoms with van der Waals surface area (Å²) in [5.74, 6) is 0.904. The van der Waals surface area contributed by atoms with E-state index in [-0.39, 0.29) is 52.4 Å². The lowest BCUT2D eigenvalue weighted by Gasteiger charge is -2.10. The Morgan fingerprint density at radius 3 is 1.28 bits per heavy atom. The van der Waals surface area contributed by atoms with Crippen molar-refractivity contribution in [2.75, 3.05) is 37.1 Å². The Balaban J connectivity index is 0.000000250. The minimum Gasteiger partial charge on any atom is -0.412 e. The second-order valence-electron chi connectivity index (χ2n) is 27.0. The molecule has 1 unspecified atom stereocenters. The van der Waals surface area contributed by atoms with Crippen LogP contribution in [0, 0.1) is 0 Å². The summed E-state index contributed by atoms with van der Waals surface area (Å²) in [6, 6.07) is 91.5. The number of aromatic nitrogens is 8. The number of imidazole rings is 2. The summed E-state index contributed by atoms with van der Waals surface area (Å²) in [7, 11) is 5.31. The number of aldehydes is 1. The van der Waals surface area contributed by atoms with Crippen molar-refractivity contribution in [3.63, 3.8) is 0 Å². The number of nitrogens with zero attached hydrogens (tertiary/aromatic N) is 7. The lowest BCUT2D eigenvalue weighted by Crippen LogP contribution is -2.22. The van der Waals surface area contributed by atoms with E-state index in [4.69, 9.17) is 62.8 Å². The van der Waals surface area contributed by atoms with Crippen molar-refractivity contribution in [3.05, 3.63) is 324 Å². The first-order valence-electron chi connectivity index (χ1n) is 38.3. The fourth-order valence-corrected chi connectivity index (χ4v) is 11.5. The molecule has 2 fully saturated rings. The molecule has 2 saturated heterocycles. The second kappa shape index (κ2) is 54.2. The predicted molar refractivity (Wildman–Crippen MR) is 495 cm³/mol. The molecule has 2 atom stereocenters. The highest BCUT2D eigenvalue weighted by atomic mass is 127. The molecule has 10 aromatic carbocycles. The number of hydrogen-bond donors (Lipinski definition) is 8. The lowest BCUT2D eigenvalue weighted by atomic mass is 9.98. The van der Waals surface area contributed by atoms with E-state index in [1.54, 1.807) is 24.8 Å². The van der Waals surface area contributed by atoms with Gasteiger partial charge in [-0.1, -0.05) is 304 Å². The van der Waals surface area contributed by atoms with Crippen molar-refractivity contribution >= 4 is 99.8 Å². The van der Waals surface area contributed by atoms with E-state index in [9.17, 15) is 9.59 Å². The topological polar surface area (TPSA) is 371 Å². The summed E-state index contributed by atoms with van der Waals surface area (Å²) in [5, 5.41) is 15.2. The number of rotatable bonds is 17. The molecule has 25 heteroatoms. The van der Waals surface area contributed by atoms with Crippen molar-refractivity contribution in [1.82, 2.24) is 45.6 Å². The Morgan fingerprint density at radius 2 is 0.949 bits per heavy atom. The van der Waals surface area contributed by atoms with Crippen LogP contribution in [0.5, 0.6) is 0 Å². The molecule has 0 bridgehead atoms. The summed E-state index contributed by atoms with van der Waals surface area (Å²) in [6.07, 6.45) is 9.81. The first-order valence-corrected chi connectivity index (χ1v) is 40.3. The van der Waals surface area contributed by atoms with E-state index in [1.807, 2.05) is 151 Å². The molecule has 17 N–H and O–H groups in total. The Kier molecular flexibility index (Phi) is 44.8. The number of amides is 1. The van der Waals surface area contributed by atoms with Crippen LogP contribution in [0.1, 0.15) is 110 Å². The Morgan fingerprint density at radius 1 is 0.568 bits per heavy atom. The normalized spacial score (nSPS) is 12.2. The van der Waals surface area contributed by atoms with Gasteiger partial charge in [0, 0.05) is 72.6 Å². The standard InChI is InChI=1S/C21H20ClN5.C18H14ClN5.C13H11NO.C13H13N.C13H10O.C4H7BO.C4H11NO.C4H8O.C3H7I.H3N.2H2O/c1-14(2)27-13-24-18-19(25-21(22)26-20(18)27)23-12-15-8-10-17(11-9-15)16-6-4-3-5-7-16;19-18-23-16(15-17(24-18)22-11-21-15)20-10-12-6-8-14(9-7-12)13-4-2-1-3-5-13;14-13(15)12-8-6-11(7-9-12)10-4-2-1-3-5-10;2*14-10-11-6-8-13(9-7-11)12-4-2-1-3-5-12;5-4-2-1-3-6-4;1-2-4(5)3-6;1-2-4-5-3-1;1-3(2)4;;;/h3-11,13-14H,12H2,1-2H3,(H,23,25,26);1-9,11H,10H2,(H2,20,21,22,23,24);1-9H,(H2,14,15);1-9H,10,14H2;1-10H;4H,1-3H2;4,6H,2-3,5H2,1H3;1-4H2;3H,1-2H3;1H3;2*1H2/t;;;;;;4-;;;;;/m......1...../s1. The highest BCUT2D eigenvalue weighted by Crippen LogP contribution is 2.28. The van der Waals surface area contributed by atoms with Gasteiger partial charge in [0.2, 0.25) is 16.5 Å². The van der Waals surface area contributed by atoms with Gasteiger partial charge < -0.3 is 69.1 Å². The number of primary amides is 1. The third kappa shape index (κ3) is 33.6. The molecule has 16 rings (SSSR count). The van der Waals surface area contributed by atoms with Crippen molar-refractivity contribution in [3.8, 4) is 55.6 Å². The van der Waals surface area contributed by atoms with Crippen LogP contribution in [0.25, 0.3) is 78.0 Å². The van der Waals surface area contributed by atoms with E-state index >= 15 is 0 Å². The molecular weight excluding hydrogens is 1630 g/mol. The number of carbonyl (C=O) groups is 2. The summed E-state index contributed by atoms with van der Waals surface area (Å²) < 4.78 is 12.7. The predicted octanol–water partition coefficient (Wildman–Crippen LogP) is 19.2. The van der Waals surface area contributed by atoms with Crippen molar-refractivity contribution in [1.29, 1.82) is 0 Å². The Bertz CT molecular complexity index is 5050. The van der Waals surface area contributed by atoms with Crippen LogP contribution >= 0.6 is 45.8 Å². The number of nitrogens with two attached hydrogens (primary N) is 3. The maximum Gasteiger partial charge on any atom is 0.248 e. The quantitative estimate of drug-likeness (QED) is 0.0138. The van der Waals surface area contributed by atoms with Crippen LogP contribution in [0.2, 0.25) is 10.6 Å². The molecule has 2 aliphatic rings. The van der Waals surface area contributed by atoms with E-state index < -0.39 is 5.91 Å². The first kappa shape index (κ1) is 97.7. The number of aromatic amines is 1. The monoisotopic (exact) mass is 1740 g/mol. The number of aliphatic hydroxyl groups excluding tert-OH is 1. The number of fused-ring (bicyclic) bond motifs is 2. The van der Waals surface area contributed by atoms with Crippen LogP contribution in [0.3, 0.4) is 0 Å². The van der Waals surface area contributed by atoms with E-state index in [0.717, 1.165) is 93.8 Å². The van der Waals surface area contributed by atoms with Crippen LogP contribution < -0.4 is 34.0 Å². The van der Waals surface area contributed by atoms with Crippen molar-refractivity contribution < 1.29 is 35.1 Å². The molecule has 14 aromatic rings.